The van der Waals surface area contributed by atoms with Crippen LogP contribution in [0.1, 0.15) is 74.6 Å². The van der Waals surface area contributed by atoms with E-state index in [1.54, 1.807) is 24.3 Å². The zero-order valence-corrected chi connectivity index (χ0v) is 24.1. The van der Waals surface area contributed by atoms with Crippen molar-refractivity contribution in [1.82, 2.24) is 0 Å². The van der Waals surface area contributed by atoms with Gasteiger partial charge in [-0.15, -0.1) is 0 Å². The molecule has 0 saturated heterocycles. The second kappa shape index (κ2) is 11.1. The number of carbonyl (C=O) groups is 1. The minimum Gasteiger partial charge on any atom is -0.497 e. The number of benzene rings is 3. The van der Waals surface area contributed by atoms with Crippen LogP contribution in [0.3, 0.4) is 0 Å². The lowest BCUT2D eigenvalue weighted by atomic mass is 9.74. The Morgan fingerprint density at radius 1 is 1.02 bits per heavy atom. The highest BCUT2D eigenvalue weighted by atomic mass is 19.3. The van der Waals surface area contributed by atoms with Gasteiger partial charge in [-0.05, 0) is 83.3 Å². The Morgan fingerprint density at radius 3 is 2.45 bits per heavy atom. The van der Waals surface area contributed by atoms with E-state index in [1.807, 2.05) is 6.07 Å². The fourth-order valence-electron chi connectivity index (χ4n) is 6.25. The van der Waals surface area contributed by atoms with Crippen LogP contribution in [0.5, 0.6) is 11.5 Å². The molecule has 2 aliphatic rings. The molecule has 1 N–H and O–H groups in total. The summed E-state index contributed by atoms with van der Waals surface area (Å²) in [6.45, 7) is 5.59. The Hall–Kier alpha value is -3.81. The van der Waals surface area contributed by atoms with E-state index in [1.165, 1.54) is 26.2 Å². The highest BCUT2D eigenvalue weighted by molar-refractivity contribution is 5.85. The lowest BCUT2D eigenvalue weighted by Gasteiger charge is -2.34. The maximum Gasteiger partial charge on any atom is 0.306 e. The molecular weight excluding hydrogens is 548 g/mol. The zero-order valence-electron chi connectivity index (χ0n) is 24.1. The molecule has 222 valence electrons. The molecule has 2 aliphatic carbocycles. The van der Waals surface area contributed by atoms with Crippen LogP contribution in [0.25, 0.3) is 16.7 Å². The van der Waals surface area contributed by atoms with Crippen molar-refractivity contribution in [3.05, 3.63) is 88.5 Å². The van der Waals surface area contributed by atoms with Gasteiger partial charge in [0.15, 0.2) is 11.6 Å². The van der Waals surface area contributed by atoms with Crippen molar-refractivity contribution in [3.63, 3.8) is 0 Å². The number of hydrogen-bond donors (Lipinski definition) is 1. The molecule has 1 unspecified atom stereocenters. The van der Waals surface area contributed by atoms with Gasteiger partial charge in [-0.25, -0.2) is 17.6 Å². The normalized spacial score (nSPS) is 19.5. The van der Waals surface area contributed by atoms with Gasteiger partial charge in [0.05, 0.1) is 13.0 Å². The molecule has 3 aromatic carbocycles. The van der Waals surface area contributed by atoms with Crippen molar-refractivity contribution in [2.45, 2.75) is 64.9 Å². The van der Waals surface area contributed by atoms with Crippen LogP contribution in [0.15, 0.2) is 54.6 Å². The molecule has 3 aromatic rings. The predicted octanol–water partition coefficient (Wildman–Crippen LogP) is 9.11. The molecule has 0 heterocycles. The van der Waals surface area contributed by atoms with Gasteiger partial charge in [0, 0.05) is 29.0 Å². The number of aliphatic carboxylic acids is 1. The number of allylic oxidation sites excluding steroid dienone is 2. The Labute approximate surface area is 243 Å². The van der Waals surface area contributed by atoms with Gasteiger partial charge in [-0.1, -0.05) is 39.0 Å². The SMILES string of the molecule is COc1ccc(F)c(-c2ccc(COc3ccc4c(c3F)C([C@@H](C)C(=O)O)CCC4(F)F)cc2C2=CCCC2(C)C)c1. The molecule has 0 fully saturated rings. The van der Waals surface area contributed by atoms with Crippen molar-refractivity contribution < 1.29 is 36.9 Å². The lowest BCUT2D eigenvalue weighted by Crippen LogP contribution is -2.30. The summed E-state index contributed by atoms with van der Waals surface area (Å²) in [7, 11) is 1.52. The fraction of sp³-hybridized carbons (Fsp3) is 0.382. The highest BCUT2D eigenvalue weighted by Gasteiger charge is 2.45. The second-order valence-corrected chi connectivity index (χ2v) is 11.9. The largest absolute Gasteiger partial charge is 0.497 e. The number of carboxylic acid groups (broad SMARTS) is 1. The molecular formula is C34H34F4O4. The first-order valence-electron chi connectivity index (χ1n) is 14.1. The number of rotatable bonds is 8. The summed E-state index contributed by atoms with van der Waals surface area (Å²) in [5.41, 5.74) is 2.71. The minimum atomic E-state index is -3.26. The van der Waals surface area contributed by atoms with E-state index >= 15 is 8.78 Å². The van der Waals surface area contributed by atoms with Crippen molar-refractivity contribution >= 4 is 11.5 Å². The standard InChI is InChI=1S/C34H34F4O4/c1-19(32(39)40)22-13-15-34(37,38)27-10-12-29(31(36)30(22)27)42-18-20-7-9-23(25-17-21(41-4)8-11-28(25)35)24(16-20)26-6-5-14-33(26,2)3/h6-12,16-17,19,22H,5,13-15,18H2,1-4H3,(H,39,40)/t19-,22?/m1/s1. The molecule has 0 amide bonds. The molecule has 4 nitrogen and oxygen atoms in total. The molecule has 0 spiro atoms. The molecule has 0 bridgehead atoms. The lowest BCUT2D eigenvalue weighted by molar-refractivity contribution is -0.142. The second-order valence-electron chi connectivity index (χ2n) is 11.9. The molecule has 42 heavy (non-hydrogen) atoms. The van der Waals surface area contributed by atoms with Crippen LogP contribution in [-0.4, -0.2) is 18.2 Å². The van der Waals surface area contributed by atoms with Gasteiger partial charge < -0.3 is 14.6 Å². The quantitative estimate of drug-likeness (QED) is 0.269. The van der Waals surface area contributed by atoms with Crippen molar-refractivity contribution in [3.8, 4) is 22.6 Å². The molecule has 8 heteroatoms. The number of alkyl halides is 2. The third-order valence-electron chi connectivity index (χ3n) is 8.75. The van der Waals surface area contributed by atoms with Gasteiger partial charge in [-0.2, -0.15) is 0 Å². The topological polar surface area (TPSA) is 55.8 Å². The van der Waals surface area contributed by atoms with Gasteiger partial charge in [0.2, 0.25) is 0 Å². The van der Waals surface area contributed by atoms with E-state index in [4.69, 9.17) is 9.47 Å². The third kappa shape index (κ3) is 5.39. The first-order valence-corrected chi connectivity index (χ1v) is 14.1. The molecule has 2 atom stereocenters. The van der Waals surface area contributed by atoms with Crippen molar-refractivity contribution in [2.75, 3.05) is 7.11 Å². The first-order chi connectivity index (χ1) is 19.8. The maximum absolute atomic E-state index is 15.8. The highest BCUT2D eigenvalue weighted by Crippen LogP contribution is 2.50. The molecule has 0 saturated carbocycles. The summed E-state index contributed by atoms with van der Waals surface area (Å²) >= 11 is 0. The summed E-state index contributed by atoms with van der Waals surface area (Å²) in [6, 6.07) is 12.4. The van der Waals surface area contributed by atoms with E-state index < -0.39 is 47.3 Å². The summed E-state index contributed by atoms with van der Waals surface area (Å²) in [6.07, 6.45) is 3.27. The van der Waals surface area contributed by atoms with Crippen LogP contribution < -0.4 is 9.47 Å². The Kier molecular flexibility index (Phi) is 7.86. The first kappa shape index (κ1) is 29.7. The van der Waals surface area contributed by atoms with Crippen LogP contribution in [-0.2, 0) is 17.3 Å². The number of ether oxygens (including phenoxy) is 2. The fourth-order valence-corrected chi connectivity index (χ4v) is 6.25. The summed E-state index contributed by atoms with van der Waals surface area (Å²) in [5.74, 6) is -7.43. The average Bonchev–Trinajstić information content (AvgIpc) is 3.31. The number of fused-ring (bicyclic) bond motifs is 1. The molecule has 0 aliphatic heterocycles. The Morgan fingerprint density at radius 2 is 1.79 bits per heavy atom. The van der Waals surface area contributed by atoms with Crippen LogP contribution in [0.4, 0.5) is 17.6 Å². The molecule has 0 aromatic heterocycles. The van der Waals surface area contributed by atoms with Gasteiger partial charge in [0.1, 0.15) is 18.2 Å². The van der Waals surface area contributed by atoms with Gasteiger partial charge in [-0.3, -0.25) is 4.79 Å². The molecule has 0 radical (unpaired) electrons. The Bertz CT molecular complexity index is 1560. The number of carboxylic acids is 1. The van der Waals surface area contributed by atoms with E-state index in [2.05, 4.69) is 19.9 Å². The molecule has 5 rings (SSSR count). The average molecular weight is 583 g/mol. The Balaban J connectivity index is 1.52. The van der Waals surface area contributed by atoms with E-state index in [-0.39, 0.29) is 29.8 Å². The third-order valence-corrected chi connectivity index (χ3v) is 8.75. The summed E-state index contributed by atoms with van der Waals surface area (Å²) < 4.78 is 71.4. The van der Waals surface area contributed by atoms with Gasteiger partial charge >= 0.3 is 5.97 Å². The monoisotopic (exact) mass is 582 g/mol. The minimum absolute atomic E-state index is 0.0766. The van der Waals surface area contributed by atoms with Crippen LogP contribution in [0, 0.1) is 23.0 Å². The van der Waals surface area contributed by atoms with E-state index in [9.17, 15) is 18.7 Å². The number of halogens is 4. The van der Waals surface area contributed by atoms with E-state index in [0.29, 0.717) is 22.4 Å². The van der Waals surface area contributed by atoms with Gasteiger partial charge in [0.25, 0.3) is 5.92 Å². The number of methoxy groups -OCH3 is 1. The smallest absolute Gasteiger partial charge is 0.306 e. The maximum atomic E-state index is 15.8. The number of hydrogen-bond acceptors (Lipinski definition) is 3. The van der Waals surface area contributed by atoms with Crippen LogP contribution in [0.2, 0.25) is 0 Å². The van der Waals surface area contributed by atoms with E-state index in [0.717, 1.165) is 30.0 Å². The van der Waals surface area contributed by atoms with Crippen molar-refractivity contribution in [1.29, 1.82) is 0 Å². The summed E-state index contributed by atoms with van der Waals surface area (Å²) in [4.78, 5) is 11.7. The predicted molar refractivity (Wildman–Crippen MR) is 153 cm³/mol. The van der Waals surface area contributed by atoms with Crippen LogP contribution >= 0.6 is 0 Å². The zero-order chi connectivity index (χ0) is 30.4. The summed E-state index contributed by atoms with van der Waals surface area (Å²) in [5, 5.41) is 9.53. The van der Waals surface area contributed by atoms with Crippen molar-refractivity contribution in [2.24, 2.45) is 11.3 Å².